The highest BCUT2D eigenvalue weighted by Gasteiger charge is 2.78. The SMILES string of the molecule is CC1(C)O[C@@]23CC[C@]4(C)[C@@]5(C)c6[nH]c7ccccc7c6C[C@@H]5C[C@H](OCc5ccccc5)[C@@]4(O)C2=CC(=O)[C@@H]1O3. The van der Waals surface area contributed by atoms with Crippen molar-refractivity contribution < 1.29 is 24.1 Å². The van der Waals surface area contributed by atoms with Gasteiger partial charge in [-0.15, -0.1) is 0 Å². The predicted octanol–water partition coefficient (Wildman–Crippen LogP) is 5.52. The van der Waals surface area contributed by atoms with Crippen LogP contribution in [0.1, 0.15) is 63.8 Å². The number of benzene rings is 2. The number of para-hydroxylation sites is 1. The van der Waals surface area contributed by atoms with E-state index in [-0.39, 0.29) is 17.1 Å². The standard InChI is InChI=1S/C34H37NO5/c1-30(2)29-25(36)18-26-33(39-29,40-30)15-14-31(3)32(4)21(16-23-22-12-8-9-13-24(22)35-28(23)32)17-27(34(26,31)37)38-19-20-10-6-5-7-11-20/h5-13,18,21,27,29,35,37H,14-17,19H2,1-4H3/t21-,27+,29+,31-,32-,33+,34+/m1/s1. The molecule has 2 bridgehead atoms. The van der Waals surface area contributed by atoms with Gasteiger partial charge in [-0.2, -0.15) is 0 Å². The normalized spacial score (nSPS) is 40.8. The molecule has 5 aliphatic rings. The highest BCUT2D eigenvalue weighted by atomic mass is 16.8. The van der Waals surface area contributed by atoms with Gasteiger partial charge in [-0.1, -0.05) is 62.4 Å². The summed E-state index contributed by atoms with van der Waals surface area (Å²) in [6.45, 7) is 8.74. The highest BCUT2D eigenvalue weighted by Crippen LogP contribution is 2.72. The van der Waals surface area contributed by atoms with E-state index in [1.807, 2.05) is 44.2 Å². The van der Waals surface area contributed by atoms with Gasteiger partial charge < -0.3 is 24.3 Å². The van der Waals surface area contributed by atoms with Gasteiger partial charge >= 0.3 is 0 Å². The zero-order valence-electron chi connectivity index (χ0n) is 23.6. The minimum atomic E-state index is -1.48. The Bertz CT molecular complexity index is 1590. The predicted molar refractivity (Wildman–Crippen MR) is 151 cm³/mol. The number of hydrogen-bond acceptors (Lipinski definition) is 5. The molecule has 2 N–H and O–H groups in total. The van der Waals surface area contributed by atoms with Crippen molar-refractivity contribution >= 4 is 16.7 Å². The second-order valence-electron chi connectivity index (χ2n) is 13.7. The second kappa shape index (κ2) is 7.74. The third-order valence-corrected chi connectivity index (χ3v) is 11.5. The summed E-state index contributed by atoms with van der Waals surface area (Å²) in [7, 11) is 0. The molecular formula is C34H37NO5. The zero-order chi connectivity index (χ0) is 27.7. The van der Waals surface area contributed by atoms with Crippen molar-refractivity contribution in [1.82, 2.24) is 4.98 Å². The molecule has 2 saturated carbocycles. The molecule has 6 nitrogen and oxygen atoms in total. The van der Waals surface area contributed by atoms with Gasteiger partial charge in [0.25, 0.3) is 0 Å². The molecule has 1 spiro atoms. The topological polar surface area (TPSA) is 80.8 Å². The van der Waals surface area contributed by atoms with Gasteiger partial charge in [0.15, 0.2) is 17.7 Å². The van der Waals surface area contributed by atoms with Crippen molar-refractivity contribution in [2.75, 3.05) is 0 Å². The van der Waals surface area contributed by atoms with Gasteiger partial charge in [-0.25, -0.2) is 0 Å². The first-order chi connectivity index (χ1) is 19.0. The number of aromatic amines is 1. The molecule has 8 rings (SSSR count). The van der Waals surface area contributed by atoms with Crippen LogP contribution in [0.25, 0.3) is 10.9 Å². The lowest BCUT2D eigenvalue weighted by Gasteiger charge is -2.67. The number of aliphatic hydroxyl groups is 1. The van der Waals surface area contributed by atoms with Crippen LogP contribution in [0.15, 0.2) is 66.2 Å². The first-order valence-corrected chi connectivity index (χ1v) is 14.7. The van der Waals surface area contributed by atoms with Crippen molar-refractivity contribution in [1.29, 1.82) is 0 Å². The highest BCUT2D eigenvalue weighted by molar-refractivity contribution is 5.97. The first-order valence-electron chi connectivity index (χ1n) is 14.7. The lowest BCUT2D eigenvalue weighted by Crippen LogP contribution is -2.74. The fraction of sp³-hybridized carbons (Fsp3) is 0.500. The minimum Gasteiger partial charge on any atom is -0.382 e. The zero-order valence-corrected chi connectivity index (χ0v) is 23.6. The van der Waals surface area contributed by atoms with Crippen LogP contribution in [0.5, 0.6) is 0 Å². The van der Waals surface area contributed by atoms with Gasteiger partial charge in [0.1, 0.15) is 11.2 Å². The summed E-state index contributed by atoms with van der Waals surface area (Å²) >= 11 is 0. The summed E-state index contributed by atoms with van der Waals surface area (Å²) in [6.07, 6.45) is 3.29. The van der Waals surface area contributed by atoms with Gasteiger partial charge in [-0.3, -0.25) is 4.79 Å². The number of carbonyl (C=O) groups is 1. The fourth-order valence-electron chi connectivity index (χ4n) is 9.36. The summed E-state index contributed by atoms with van der Waals surface area (Å²) in [5.74, 6) is -0.999. The lowest BCUT2D eigenvalue weighted by atomic mass is 9.41. The number of aromatic nitrogens is 1. The Morgan fingerprint density at radius 1 is 1.02 bits per heavy atom. The van der Waals surface area contributed by atoms with Gasteiger partial charge in [0, 0.05) is 39.4 Å². The fourth-order valence-corrected chi connectivity index (χ4v) is 9.36. The van der Waals surface area contributed by atoms with E-state index in [1.165, 1.54) is 16.6 Å². The number of carbonyl (C=O) groups excluding carboxylic acids is 1. The first kappa shape index (κ1) is 25.0. The molecule has 2 aromatic carbocycles. The number of ether oxygens (including phenoxy) is 3. The summed E-state index contributed by atoms with van der Waals surface area (Å²) < 4.78 is 19.9. The third-order valence-electron chi connectivity index (χ3n) is 11.5. The average molecular weight is 540 g/mol. The van der Waals surface area contributed by atoms with E-state index in [4.69, 9.17) is 14.2 Å². The summed E-state index contributed by atoms with van der Waals surface area (Å²) in [5, 5.41) is 14.6. The van der Waals surface area contributed by atoms with Crippen molar-refractivity contribution in [3.63, 3.8) is 0 Å². The monoisotopic (exact) mass is 539 g/mol. The van der Waals surface area contributed by atoms with Gasteiger partial charge in [0.2, 0.25) is 0 Å². The van der Waals surface area contributed by atoms with E-state index in [0.717, 1.165) is 17.5 Å². The van der Waals surface area contributed by atoms with E-state index >= 15 is 0 Å². The van der Waals surface area contributed by atoms with Crippen molar-refractivity contribution in [2.24, 2.45) is 11.3 Å². The van der Waals surface area contributed by atoms with Crippen molar-refractivity contribution in [3.8, 4) is 0 Å². The summed E-state index contributed by atoms with van der Waals surface area (Å²) in [6, 6.07) is 18.6. The second-order valence-corrected chi connectivity index (χ2v) is 13.7. The molecule has 7 atom stereocenters. The maximum Gasteiger partial charge on any atom is 0.195 e. The van der Waals surface area contributed by atoms with Crippen LogP contribution in [-0.4, -0.2) is 45.1 Å². The Hall–Kier alpha value is -2.77. The number of ketones is 1. The van der Waals surface area contributed by atoms with Crippen LogP contribution in [0, 0.1) is 11.3 Å². The Labute approximate surface area is 234 Å². The number of hydrogen-bond donors (Lipinski definition) is 2. The van der Waals surface area contributed by atoms with E-state index in [1.54, 1.807) is 6.08 Å². The molecule has 0 radical (unpaired) electrons. The van der Waals surface area contributed by atoms with Crippen LogP contribution >= 0.6 is 0 Å². The molecule has 1 aromatic heterocycles. The van der Waals surface area contributed by atoms with Crippen LogP contribution in [-0.2, 0) is 37.4 Å². The molecule has 6 heteroatoms. The van der Waals surface area contributed by atoms with Crippen molar-refractivity contribution in [3.05, 3.63) is 83.1 Å². The largest absolute Gasteiger partial charge is 0.382 e. The van der Waals surface area contributed by atoms with E-state index in [2.05, 4.69) is 43.1 Å². The van der Waals surface area contributed by atoms with Crippen LogP contribution < -0.4 is 0 Å². The molecule has 0 amide bonds. The Morgan fingerprint density at radius 3 is 2.58 bits per heavy atom. The number of H-pyrrole nitrogens is 1. The van der Waals surface area contributed by atoms with E-state index in [0.29, 0.717) is 31.4 Å². The Kier molecular flexibility index (Phi) is 4.83. The Morgan fingerprint density at radius 2 is 1.77 bits per heavy atom. The third kappa shape index (κ3) is 2.81. The van der Waals surface area contributed by atoms with Gasteiger partial charge in [0.05, 0.1) is 12.7 Å². The quantitative estimate of drug-likeness (QED) is 0.458. The van der Waals surface area contributed by atoms with Crippen LogP contribution in [0.2, 0.25) is 0 Å². The van der Waals surface area contributed by atoms with E-state index < -0.39 is 34.6 Å². The number of nitrogens with one attached hydrogen (secondary N) is 1. The molecule has 0 unspecified atom stereocenters. The molecule has 40 heavy (non-hydrogen) atoms. The number of fused-ring (bicyclic) bond motifs is 9. The summed E-state index contributed by atoms with van der Waals surface area (Å²) in [5.41, 5.74) is 2.00. The smallest absolute Gasteiger partial charge is 0.195 e. The average Bonchev–Trinajstić information content (AvgIpc) is 3.52. The maximum atomic E-state index is 13.5. The van der Waals surface area contributed by atoms with Crippen LogP contribution in [0.3, 0.4) is 0 Å². The minimum absolute atomic E-state index is 0.141. The molecule has 208 valence electrons. The molecule has 3 aromatic rings. The molecule has 1 saturated heterocycles. The van der Waals surface area contributed by atoms with E-state index in [9.17, 15) is 9.90 Å². The Balaban J connectivity index is 1.31. The van der Waals surface area contributed by atoms with Crippen molar-refractivity contribution in [2.45, 2.75) is 94.6 Å². The maximum absolute atomic E-state index is 13.5. The summed E-state index contributed by atoms with van der Waals surface area (Å²) in [4.78, 5) is 17.3. The molecule has 3 aliphatic carbocycles. The number of rotatable bonds is 3. The van der Waals surface area contributed by atoms with Gasteiger partial charge in [-0.05, 0) is 62.3 Å². The molecule has 3 fully saturated rings. The molecule has 2 aliphatic heterocycles. The molecule has 3 heterocycles. The lowest BCUT2D eigenvalue weighted by molar-refractivity contribution is -0.282. The molecular weight excluding hydrogens is 502 g/mol. The van der Waals surface area contributed by atoms with Crippen LogP contribution in [0.4, 0.5) is 0 Å².